The molecule has 1 aliphatic carbocycles. The Morgan fingerprint density at radius 3 is 2.39 bits per heavy atom. The molecule has 1 unspecified atom stereocenters. The number of likely N-dealkylation sites (N-methyl/N-ethyl adjacent to an activating group) is 1. The molecule has 3 heteroatoms. The van der Waals surface area contributed by atoms with E-state index in [1.807, 2.05) is 0 Å². The van der Waals surface area contributed by atoms with Crippen molar-refractivity contribution in [3.63, 3.8) is 0 Å². The average molecular weight is 253 g/mol. The molecule has 0 aromatic carbocycles. The Morgan fingerprint density at radius 2 is 1.78 bits per heavy atom. The van der Waals surface area contributed by atoms with Crippen LogP contribution in [0.4, 0.5) is 0 Å². The van der Waals surface area contributed by atoms with Gasteiger partial charge in [-0.3, -0.25) is 0 Å². The van der Waals surface area contributed by atoms with E-state index < -0.39 is 0 Å². The van der Waals surface area contributed by atoms with Crippen LogP contribution >= 0.6 is 0 Å². The average Bonchev–Trinajstić information content (AvgIpc) is 2.92. The predicted molar refractivity (Wildman–Crippen MR) is 77.7 cm³/mol. The summed E-state index contributed by atoms with van der Waals surface area (Å²) < 4.78 is 0. The van der Waals surface area contributed by atoms with E-state index in [1.54, 1.807) is 0 Å². The molecule has 0 radical (unpaired) electrons. The Morgan fingerprint density at radius 1 is 1.11 bits per heavy atom. The first-order valence-electron chi connectivity index (χ1n) is 7.94. The van der Waals surface area contributed by atoms with Crippen LogP contribution in [0.15, 0.2) is 0 Å². The molecule has 2 aliphatic rings. The van der Waals surface area contributed by atoms with Gasteiger partial charge in [-0.1, -0.05) is 19.3 Å². The van der Waals surface area contributed by atoms with E-state index in [2.05, 4.69) is 16.8 Å². The highest BCUT2D eigenvalue weighted by Gasteiger charge is 2.26. The molecule has 2 N–H and O–H groups in total. The van der Waals surface area contributed by atoms with Gasteiger partial charge in [0.2, 0.25) is 0 Å². The molecule has 0 aromatic heterocycles. The Balaban J connectivity index is 1.74. The summed E-state index contributed by atoms with van der Waals surface area (Å²) in [5.74, 6) is 0.854. The van der Waals surface area contributed by atoms with E-state index in [1.165, 1.54) is 71.1 Å². The zero-order valence-electron chi connectivity index (χ0n) is 12.1. The standard InChI is InChI=1S/C15H31N3/c1-17(11-12-18-9-5-6-10-18)15(13-16)14-7-3-2-4-8-14/h14-15H,2-13,16H2,1H3. The molecule has 1 aliphatic heterocycles. The second-order valence-corrected chi connectivity index (χ2v) is 6.23. The van der Waals surface area contributed by atoms with Crippen molar-refractivity contribution in [2.75, 3.05) is 39.8 Å². The number of nitrogens with two attached hydrogens (primary N) is 1. The van der Waals surface area contributed by atoms with Crippen LogP contribution in [0, 0.1) is 5.92 Å². The molecule has 1 saturated carbocycles. The minimum atomic E-state index is 0.618. The quantitative estimate of drug-likeness (QED) is 0.785. The summed E-state index contributed by atoms with van der Waals surface area (Å²) >= 11 is 0. The van der Waals surface area contributed by atoms with Crippen LogP contribution in [0.2, 0.25) is 0 Å². The normalized spacial score (nSPS) is 24.8. The summed E-state index contributed by atoms with van der Waals surface area (Å²) in [5, 5.41) is 0. The second-order valence-electron chi connectivity index (χ2n) is 6.23. The summed E-state index contributed by atoms with van der Waals surface area (Å²) in [4.78, 5) is 5.14. The largest absolute Gasteiger partial charge is 0.329 e. The summed E-state index contributed by atoms with van der Waals surface area (Å²) in [7, 11) is 2.28. The van der Waals surface area contributed by atoms with Gasteiger partial charge in [-0.05, 0) is 51.7 Å². The van der Waals surface area contributed by atoms with Crippen LogP contribution in [0.1, 0.15) is 44.9 Å². The van der Waals surface area contributed by atoms with Crippen molar-refractivity contribution in [1.29, 1.82) is 0 Å². The first-order chi connectivity index (χ1) is 8.81. The first kappa shape index (κ1) is 14.3. The predicted octanol–water partition coefficient (Wildman–Crippen LogP) is 1.92. The molecule has 1 atom stereocenters. The highest BCUT2D eigenvalue weighted by molar-refractivity contribution is 4.82. The number of likely N-dealkylation sites (tertiary alicyclic amines) is 1. The van der Waals surface area contributed by atoms with Crippen molar-refractivity contribution in [2.45, 2.75) is 51.0 Å². The minimum Gasteiger partial charge on any atom is -0.329 e. The number of rotatable bonds is 6. The monoisotopic (exact) mass is 253 g/mol. The summed E-state index contributed by atoms with van der Waals surface area (Å²) in [6.07, 6.45) is 9.86. The smallest absolute Gasteiger partial charge is 0.0244 e. The maximum atomic E-state index is 6.03. The molecular formula is C15H31N3. The van der Waals surface area contributed by atoms with Gasteiger partial charge < -0.3 is 15.5 Å². The Kier molecular flexibility index (Phi) is 5.93. The summed E-state index contributed by atoms with van der Waals surface area (Å²) in [6, 6.07) is 0.618. The molecule has 1 saturated heterocycles. The minimum absolute atomic E-state index is 0.618. The van der Waals surface area contributed by atoms with Crippen LogP contribution in [0.5, 0.6) is 0 Å². The molecule has 0 spiro atoms. The maximum Gasteiger partial charge on any atom is 0.0244 e. The lowest BCUT2D eigenvalue weighted by molar-refractivity contribution is 0.136. The molecule has 106 valence electrons. The zero-order valence-corrected chi connectivity index (χ0v) is 12.1. The van der Waals surface area contributed by atoms with Gasteiger partial charge in [0.25, 0.3) is 0 Å². The summed E-state index contributed by atoms with van der Waals surface area (Å²) in [6.45, 7) is 5.88. The molecule has 2 rings (SSSR count). The van der Waals surface area contributed by atoms with Crippen LogP contribution < -0.4 is 5.73 Å². The fourth-order valence-electron chi connectivity index (χ4n) is 3.72. The van der Waals surface area contributed by atoms with Crippen LogP contribution in [-0.2, 0) is 0 Å². The molecule has 1 heterocycles. The SMILES string of the molecule is CN(CCN1CCCC1)C(CN)C1CCCCC1. The topological polar surface area (TPSA) is 32.5 Å². The lowest BCUT2D eigenvalue weighted by atomic mass is 9.83. The van der Waals surface area contributed by atoms with Gasteiger partial charge in [0, 0.05) is 25.7 Å². The maximum absolute atomic E-state index is 6.03. The highest BCUT2D eigenvalue weighted by Crippen LogP contribution is 2.28. The van der Waals surface area contributed by atoms with E-state index in [4.69, 9.17) is 5.73 Å². The fraction of sp³-hybridized carbons (Fsp3) is 1.00. The van der Waals surface area contributed by atoms with Gasteiger partial charge in [0.1, 0.15) is 0 Å². The number of hydrogen-bond donors (Lipinski definition) is 1. The van der Waals surface area contributed by atoms with E-state index in [-0.39, 0.29) is 0 Å². The number of hydrogen-bond acceptors (Lipinski definition) is 3. The molecule has 0 aromatic rings. The molecule has 0 amide bonds. The lowest BCUT2D eigenvalue weighted by Gasteiger charge is -2.36. The highest BCUT2D eigenvalue weighted by atomic mass is 15.2. The van der Waals surface area contributed by atoms with Crippen molar-refractivity contribution in [3.05, 3.63) is 0 Å². The third-order valence-corrected chi connectivity index (χ3v) is 4.97. The second kappa shape index (κ2) is 7.46. The van der Waals surface area contributed by atoms with Gasteiger partial charge in [-0.25, -0.2) is 0 Å². The lowest BCUT2D eigenvalue weighted by Crippen LogP contribution is -2.46. The summed E-state index contributed by atoms with van der Waals surface area (Å²) in [5.41, 5.74) is 6.03. The van der Waals surface area contributed by atoms with Crippen LogP contribution in [0.3, 0.4) is 0 Å². The van der Waals surface area contributed by atoms with Crippen LogP contribution in [0.25, 0.3) is 0 Å². The Hall–Kier alpha value is -0.120. The fourth-order valence-corrected chi connectivity index (χ4v) is 3.72. The molecule has 18 heavy (non-hydrogen) atoms. The van der Waals surface area contributed by atoms with Gasteiger partial charge >= 0.3 is 0 Å². The Bertz CT molecular complexity index is 220. The van der Waals surface area contributed by atoms with Crippen molar-refractivity contribution in [2.24, 2.45) is 11.7 Å². The zero-order chi connectivity index (χ0) is 12.8. The van der Waals surface area contributed by atoms with E-state index in [0.29, 0.717) is 6.04 Å². The molecular weight excluding hydrogens is 222 g/mol. The van der Waals surface area contributed by atoms with Crippen molar-refractivity contribution >= 4 is 0 Å². The number of nitrogens with zero attached hydrogens (tertiary/aromatic N) is 2. The third kappa shape index (κ3) is 3.94. The van der Waals surface area contributed by atoms with Crippen molar-refractivity contribution in [1.82, 2.24) is 9.80 Å². The van der Waals surface area contributed by atoms with E-state index in [9.17, 15) is 0 Å². The van der Waals surface area contributed by atoms with Crippen molar-refractivity contribution < 1.29 is 0 Å². The third-order valence-electron chi connectivity index (χ3n) is 4.97. The van der Waals surface area contributed by atoms with E-state index >= 15 is 0 Å². The van der Waals surface area contributed by atoms with Gasteiger partial charge in [0.15, 0.2) is 0 Å². The molecule has 3 nitrogen and oxygen atoms in total. The van der Waals surface area contributed by atoms with Gasteiger partial charge in [-0.15, -0.1) is 0 Å². The van der Waals surface area contributed by atoms with E-state index in [0.717, 1.165) is 12.5 Å². The van der Waals surface area contributed by atoms with Gasteiger partial charge in [0.05, 0.1) is 0 Å². The Labute approximate surface area is 113 Å². The van der Waals surface area contributed by atoms with Gasteiger partial charge in [-0.2, -0.15) is 0 Å². The first-order valence-corrected chi connectivity index (χ1v) is 7.94. The van der Waals surface area contributed by atoms with Crippen LogP contribution in [-0.4, -0.2) is 55.6 Å². The molecule has 2 fully saturated rings. The van der Waals surface area contributed by atoms with Crippen molar-refractivity contribution in [3.8, 4) is 0 Å². The molecule has 0 bridgehead atoms.